The van der Waals surface area contributed by atoms with E-state index in [-0.39, 0.29) is 5.75 Å². The Labute approximate surface area is 134 Å². The molecule has 4 nitrogen and oxygen atoms in total. The van der Waals surface area contributed by atoms with Crippen LogP contribution in [0.25, 0.3) is 5.70 Å². The van der Waals surface area contributed by atoms with Crippen LogP contribution in [0.15, 0.2) is 27.6 Å². The third-order valence-electron chi connectivity index (χ3n) is 3.53. The zero-order chi connectivity index (χ0) is 15.5. The zero-order valence-electron chi connectivity index (χ0n) is 12.3. The molecule has 6 heteroatoms. The van der Waals surface area contributed by atoms with Crippen molar-refractivity contribution in [3.63, 3.8) is 0 Å². The second-order valence-electron chi connectivity index (χ2n) is 5.10. The van der Waals surface area contributed by atoms with Crippen LogP contribution in [-0.4, -0.2) is 20.8 Å². The summed E-state index contributed by atoms with van der Waals surface area (Å²) in [5.74, 6) is 0.184. The first kappa shape index (κ1) is 16.5. The van der Waals surface area contributed by atoms with E-state index >= 15 is 0 Å². The van der Waals surface area contributed by atoms with E-state index in [4.69, 9.17) is 4.84 Å². The van der Waals surface area contributed by atoms with Crippen LogP contribution < -0.4 is 5.48 Å². The minimum absolute atomic E-state index is 0.184. The Morgan fingerprint density at radius 2 is 2.10 bits per heavy atom. The van der Waals surface area contributed by atoms with Crippen molar-refractivity contribution in [3.8, 4) is 0 Å². The van der Waals surface area contributed by atoms with Crippen LogP contribution in [0.4, 0.5) is 0 Å². The van der Waals surface area contributed by atoms with Gasteiger partial charge in [0.15, 0.2) is 9.84 Å². The van der Waals surface area contributed by atoms with Gasteiger partial charge in [-0.05, 0) is 37.1 Å². The molecule has 1 N–H and O–H groups in total. The maximum Gasteiger partial charge on any atom is 0.179 e. The molecular weight excluding hydrogens is 354 g/mol. The molecule has 0 fully saturated rings. The second kappa shape index (κ2) is 6.94. The van der Waals surface area contributed by atoms with Crippen LogP contribution in [0, 0.1) is 6.92 Å². The van der Waals surface area contributed by atoms with E-state index < -0.39 is 9.84 Å². The number of benzene rings is 1. The van der Waals surface area contributed by atoms with Gasteiger partial charge in [0.05, 0.1) is 23.0 Å². The van der Waals surface area contributed by atoms with E-state index in [9.17, 15) is 8.42 Å². The number of sulfone groups is 1. The van der Waals surface area contributed by atoms with Gasteiger partial charge in [-0.2, -0.15) is 0 Å². The van der Waals surface area contributed by atoms with Crippen molar-refractivity contribution >= 4 is 31.5 Å². The fraction of sp³-hybridized carbons (Fsp3) is 0.467. The van der Waals surface area contributed by atoms with Crippen LogP contribution in [0.5, 0.6) is 0 Å². The SMILES string of the molecule is CCCCCS(=O)(=O)c1ccc(Br)c(C)c1C1=CCON1. The number of nitrogens with one attached hydrogen (secondary N) is 1. The standard InChI is InChI=1S/C15H20BrNO3S/c1-3-4-5-10-21(18,19)14-7-6-12(16)11(2)15(14)13-8-9-20-17-13/h6-8,17H,3-5,9-10H2,1-2H3. The largest absolute Gasteiger partial charge is 0.272 e. The maximum absolute atomic E-state index is 12.6. The number of halogens is 1. The van der Waals surface area contributed by atoms with Gasteiger partial charge in [0.25, 0.3) is 0 Å². The summed E-state index contributed by atoms with van der Waals surface area (Å²) in [5.41, 5.74) is 5.13. The molecule has 2 rings (SSSR count). The topological polar surface area (TPSA) is 55.4 Å². The molecule has 1 aromatic carbocycles. The Bertz CT molecular complexity index is 653. The fourth-order valence-electron chi connectivity index (χ4n) is 2.35. The molecule has 0 atom stereocenters. The Morgan fingerprint density at radius 1 is 1.33 bits per heavy atom. The lowest BCUT2D eigenvalue weighted by Gasteiger charge is -2.15. The summed E-state index contributed by atoms with van der Waals surface area (Å²) in [4.78, 5) is 5.50. The van der Waals surface area contributed by atoms with Gasteiger partial charge in [0.2, 0.25) is 0 Å². The minimum atomic E-state index is -3.30. The van der Waals surface area contributed by atoms with Crippen molar-refractivity contribution in [2.24, 2.45) is 0 Å². The Balaban J connectivity index is 2.46. The molecule has 0 unspecified atom stereocenters. The number of hydrogen-bond donors (Lipinski definition) is 1. The average molecular weight is 374 g/mol. The first-order valence-electron chi connectivity index (χ1n) is 7.07. The Morgan fingerprint density at radius 3 is 2.71 bits per heavy atom. The van der Waals surface area contributed by atoms with E-state index in [2.05, 4.69) is 28.3 Å². The van der Waals surface area contributed by atoms with Gasteiger partial charge in [0, 0.05) is 10.0 Å². The van der Waals surface area contributed by atoms with Crippen molar-refractivity contribution in [2.45, 2.75) is 38.0 Å². The van der Waals surface area contributed by atoms with Gasteiger partial charge >= 0.3 is 0 Å². The molecule has 0 saturated heterocycles. The molecule has 1 aromatic rings. The van der Waals surface area contributed by atoms with Crippen molar-refractivity contribution in [1.29, 1.82) is 0 Å². The summed E-state index contributed by atoms with van der Waals surface area (Å²) in [6.45, 7) is 4.41. The molecule has 0 radical (unpaired) electrons. The molecule has 0 aromatic heterocycles. The summed E-state index contributed by atoms with van der Waals surface area (Å²) >= 11 is 3.47. The molecule has 0 spiro atoms. The quantitative estimate of drug-likeness (QED) is 0.773. The first-order valence-corrected chi connectivity index (χ1v) is 9.52. The van der Waals surface area contributed by atoms with Gasteiger partial charge in [-0.3, -0.25) is 10.3 Å². The van der Waals surface area contributed by atoms with Crippen LogP contribution in [-0.2, 0) is 14.7 Å². The lowest BCUT2D eigenvalue weighted by atomic mass is 10.1. The third kappa shape index (κ3) is 3.67. The number of unbranched alkanes of at least 4 members (excludes halogenated alkanes) is 2. The summed E-state index contributed by atoms with van der Waals surface area (Å²) in [7, 11) is -3.30. The summed E-state index contributed by atoms with van der Waals surface area (Å²) < 4.78 is 26.2. The average Bonchev–Trinajstić information content (AvgIpc) is 2.95. The summed E-state index contributed by atoms with van der Waals surface area (Å²) in [5, 5.41) is 0. The Hall–Kier alpha value is -0.850. The number of rotatable bonds is 6. The highest BCUT2D eigenvalue weighted by Gasteiger charge is 2.24. The fourth-order valence-corrected chi connectivity index (χ4v) is 4.33. The van der Waals surface area contributed by atoms with E-state index in [0.717, 1.165) is 28.6 Å². The molecule has 0 saturated carbocycles. The highest BCUT2D eigenvalue weighted by Crippen LogP contribution is 2.32. The molecule has 1 aliphatic rings. The van der Waals surface area contributed by atoms with Crippen LogP contribution in [0.1, 0.15) is 37.3 Å². The van der Waals surface area contributed by atoms with E-state index in [0.29, 0.717) is 23.5 Å². The van der Waals surface area contributed by atoms with Gasteiger partial charge in [-0.1, -0.05) is 35.7 Å². The monoisotopic (exact) mass is 373 g/mol. The highest BCUT2D eigenvalue weighted by atomic mass is 79.9. The number of hydrogen-bond acceptors (Lipinski definition) is 4. The predicted molar refractivity (Wildman–Crippen MR) is 87.5 cm³/mol. The first-order chi connectivity index (χ1) is 9.97. The normalized spacial score (nSPS) is 14.9. The molecular formula is C15H20BrNO3S. The van der Waals surface area contributed by atoms with Crippen LogP contribution in [0.3, 0.4) is 0 Å². The third-order valence-corrected chi connectivity index (χ3v) is 6.23. The highest BCUT2D eigenvalue weighted by molar-refractivity contribution is 9.10. The Kier molecular flexibility index (Phi) is 5.46. The maximum atomic E-state index is 12.6. The second-order valence-corrected chi connectivity index (χ2v) is 8.03. The predicted octanol–water partition coefficient (Wildman–Crippen LogP) is 3.60. The molecule has 0 amide bonds. The molecule has 1 heterocycles. The molecule has 0 bridgehead atoms. The van der Waals surface area contributed by atoms with E-state index in [1.54, 1.807) is 12.1 Å². The molecule has 21 heavy (non-hydrogen) atoms. The zero-order valence-corrected chi connectivity index (χ0v) is 14.7. The van der Waals surface area contributed by atoms with E-state index in [1.807, 2.05) is 13.0 Å². The van der Waals surface area contributed by atoms with Gasteiger partial charge in [-0.15, -0.1) is 0 Å². The molecule has 1 aliphatic heterocycles. The van der Waals surface area contributed by atoms with E-state index in [1.165, 1.54) is 0 Å². The van der Waals surface area contributed by atoms with Crippen molar-refractivity contribution in [3.05, 3.63) is 33.8 Å². The van der Waals surface area contributed by atoms with Crippen molar-refractivity contribution < 1.29 is 13.3 Å². The van der Waals surface area contributed by atoms with Crippen molar-refractivity contribution in [2.75, 3.05) is 12.4 Å². The summed E-state index contributed by atoms with van der Waals surface area (Å²) in [6.07, 6.45) is 4.48. The summed E-state index contributed by atoms with van der Waals surface area (Å²) in [6, 6.07) is 3.47. The smallest absolute Gasteiger partial charge is 0.179 e. The van der Waals surface area contributed by atoms with Gasteiger partial charge < -0.3 is 0 Å². The van der Waals surface area contributed by atoms with Gasteiger partial charge in [-0.25, -0.2) is 8.42 Å². The molecule has 116 valence electrons. The minimum Gasteiger partial charge on any atom is -0.272 e. The number of hydroxylamine groups is 1. The van der Waals surface area contributed by atoms with Crippen molar-refractivity contribution in [1.82, 2.24) is 5.48 Å². The molecule has 0 aliphatic carbocycles. The van der Waals surface area contributed by atoms with Crippen LogP contribution in [0.2, 0.25) is 0 Å². The van der Waals surface area contributed by atoms with Gasteiger partial charge in [0.1, 0.15) is 0 Å². The lowest BCUT2D eigenvalue weighted by molar-refractivity contribution is 0.121. The lowest BCUT2D eigenvalue weighted by Crippen LogP contribution is -2.14. The van der Waals surface area contributed by atoms with Crippen LogP contribution >= 0.6 is 15.9 Å².